The highest BCUT2D eigenvalue weighted by Gasteiger charge is 2.09. The van der Waals surface area contributed by atoms with Crippen LogP contribution in [-0.4, -0.2) is 9.97 Å². The van der Waals surface area contributed by atoms with Crippen molar-refractivity contribution in [3.8, 4) is 29.5 Å². The molecule has 0 aliphatic rings. The number of ether oxygens (including phenoxy) is 2. The number of benzene rings is 2. The van der Waals surface area contributed by atoms with E-state index in [1.807, 2.05) is 6.07 Å². The van der Waals surface area contributed by atoms with Crippen molar-refractivity contribution in [1.82, 2.24) is 9.97 Å². The summed E-state index contributed by atoms with van der Waals surface area (Å²) in [6.45, 7) is 0. The molecule has 0 fully saturated rings. The fourth-order valence-corrected chi connectivity index (χ4v) is 1.81. The van der Waals surface area contributed by atoms with Crippen molar-refractivity contribution in [3.05, 3.63) is 71.9 Å². The quantitative estimate of drug-likeness (QED) is 0.718. The number of halogens is 2. The first-order valence-corrected chi connectivity index (χ1v) is 6.78. The van der Waals surface area contributed by atoms with E-state index in [0.717, 1.165) is 6.07 Å². The zero-order chi connectivity index (χ0) is 16.9. The summed E-state index contributed by atoms with van der Waals surface area (Å²) < 4.78 is 37.4. The van der Waals surface area contributed by atoms with E-state index in [4.69, 9.17) is 14.7 Å². The zero-order valence-electron chi connectivity index (χ0n) is 12.1. The third-order valence-corrected chi connectivity index (χ3v) is 2.91. The SMILES string of the molecule is N#Cc1ccc(Oc2nccc(Oc3ccc(F)cc3)n2)c(F)c1. The average molecular weight is 325 g/mol. The summed E-state index contributed by atoms with van der Waals surface area (Å²) in [6.07, 6.45) is 1.38. The molecule has 0 aliphatic carbocycles. The van der Waals surface area contributed by atoms with E-state index in [1.54, 1.807) is 0 Å². The molecule has 0 aliphatic heterocycles. The van der Waals surface area contributed by atoms with E-state index in [2.05, 4.69) is 9.97 Å². The summed E-state index contributed by atoms with van der Waals surface area (Å²) in [6, 6.07) is 12.3. The minimum absolute atomic E-state index is 0.118. The van der Waals surface area contributed by atoms with Gasteiger partial charge >= 0.3 is 6.01 Å². The van der Waals surface area contributed by atoms with Gasteiger partial charge in [-0.3, -0.25) is 0 Å². The van der Waals surface area contributed by atoms with Crippen molar-refractivity contribution >= 4 is 0 Å². The van der Waals surface area contributed by atoms with Crippen LogP contribution in [0.4, 0.5) is 8.78 Å². The predicted octanol–water partition coefficient (Wildman–Crippen LogP) is 4.21. The molecule has 0 saturated carbocycles. The van der Waals surface area contributed by atoms with Gasteiger partial charge in [-0.05, 0) is 42.5 Å². The molecule has 0 radical (unpaired) electrons. The summed E-state index contributed by atoms with van der Waals surface area (Å²) in [5, 5.41) is 8.71. The fourth-order valence-electron chi connectivity index (χ4n) is 1.81. The molecule has 0 N–H and O–H groups in total. The van der Waals surface area contributed by atoms with Crippen LogP contribution >= 0.6 is 0 Å². The average Bonchev–Trinajstić information content (AvgIpc) is 2.59. The Bertz CT molecular complexity index is 908. The summed E-state index contributed by atoms with van der Waals surface area (Å²) in [5.41, 5.74) is 0.175. The maximum atomic E-state index is 13.8. The Morgan fingerprint density at radius 3 is 2.46 bits per heavy atom. The van der Waals surface area contributed by atoms with E-state index in [9.17, 15) is 8.78 Å². The molecule has 0 atom stereocenters. The summed E-state index contributed by atoms with van der Waals surface area (Å²) in [7, 11) is 0. The van der Waals surface area contributed by atoms with Crippen LogP contribution in [0.5, 0.6) is 23.4 Å². The van der Waals surface area contributed by atoms with Crippen LogP contribution < -0.4 is 9.47 Å². The largest absolute Gasteiger partial charge is 0.439 e. The van der Waals surface area contributed by atoms with Crippen molar-refractivity contribution < 1.29 is 18.3 Å². The van der Waals surface area contributed by atoms with Gasteiger partial charge in [0.25, 0.3) is 0 Å². The molecular formula is C17H9F2N3O2. The molecule has 0 bridgehead atoms. The van der Waals surface area contributed by atoms with Crippen LogP contribution in [0.25, 0.3) is 0 Å². The lowest BCUT2D eigenvalue weighted by molar-refractivity contribution is 0.392. The number of nitrogens with zero attached hydrogens (tertiary/aromatic N) is 3. The van der Waals surface area contributed by atoms with Crippen LogP contribution in [0.3, 0.4) is 0 Å². The smallest absolute Gasteiger partial charge is 0.325 e. The van der Waals surface area contributed by atoms with Crippen molar-refractivity contribution in [3.63, 3.8) is 0 Å². The minimum Gasteiger partial charge on any atom is -0.439 e. The number of rotatable bonds is 4. The third kappa shape index (κ3) is 3.62. The standard InChI is InChI=1S/C17H9F2N3O2/c18-12-2-4-13(5-3-12)23-16-7-8-21-17(22-16)24-15-6-1-11(10-20)9-14(15)19/h1-9H. The normalized spacial score (nSPS) is 10.0. The molecule has 0 unspecified atom stereocenters. The summed E-state index contributed by atoms with van der Waals surface area (Å²) >= 11 is 0. The van der Waals surface area contributed by atoms with E-state index in [-0.39, 0.29) is 29.0 Å². The van der Waals surface area contributed by atoms with E-state index >= 15 is 0 Å². The van der Waals surface area contributed by atoms with Gasteiger partial charge in [-0.15, -0.1) is 0 Å². The first-order chi connectivity index (χ1) is 11.6. The second-order valence-electron chi connectivity index (χ2n) is 4.59. The highest BCUT2D eigenvalue weighted by Crippen LogP contribution is 2.25. The Labute approximate surface area is 135 Å². The molecule has 0 amide bonds. The van der Waals surface area contributed by atoms with E-state index < -0.39 is 5.82 Å². The fraction of sp³-hybridized carbons (Fsp3) is 0. The van der Waals surface area contributed by atoms with Gasteiger partial charge in [-0.1, -0.05) is 0 Å². The van der Waals surface area contributed by atoms with E-state index in [0.29, 0.717) is 5.75 Å². The lowest BCUT2D eigenvalue weighted by atomic mass is 10.2. The summed E-state index contributed by atoms with van der Waals surface area (Å²) in [4.78, 5) is 7.86. The Hall–Kier alpha value is -3.53. The molecule has 3 rings (SSSR count). The molecule has 1 heterocycles. The van der Waals surface area contributed by atoms with Gasteiger partial charge in [-0.2, -0.15) is 10.2 Å². The number of hydrogen-bond acceptors (Lipinski definition) is 5. The highest BCUT2D eigenvalue weighted by molar-refractivity contribution is 5.37. The lowest BCUT2D eigenvalue weighted by Crippen LogP contribution is -1.96. The highest BCUT2D eigenvalue weighted by atomic mass is 19.1. The molecule has 0 saturated heterocycles. The lowest BCUT2D eigenvalue weighted by Gasteiger charge is -2.07. The van der Waals surface area contributed by atoms with Crippen molar-refractivity contribution in [2.75, 3.05) is 0 Å². The number of hydrogen-bond donors (Lipinski definition) is 0. The second-order valence-corrected chi connectivity index (χ2v) is 4.59. The Morgan fingerprint density at radius 1 is 0.958 bits per heavy atom. The van der Waals surface area contributed by atoms with E-state index in [1.165, 1.54) is 48.7 Å². The monoisotopic (exact) mass is 325 g/mol. The third-order valence-electron chi connectivity index (χ3n) is 2.91. The van der Waals surface area contributed by atoms with Crippen LogP contribution in [0.2, 0.25) is 0 Å². The van der Waals surface area contributed by atoms with Gasteiger partial charge in [-0.25, -0.2) is 13.8 Å². The van der Waals surface area contributed by atoms with Crippen molar-refractivity contribution in [1.29, 1.82) is 5.26 Å². The molecule has 5 nitrogen and oxygen atoms in total. The molecular weight excluding hydrogens is 316 g/mol. The molecule has 2 aromatic carbocycles. The first kappa shape index (κ1) is 15.4. The topological polar surface area (TPSA) is 68.0 Å². The second kappa shape index (κ2) is 6.71. The Morgan fingerprint density at radius 2 is 1.75 bits per heavy atom. The Kier molecular flexibility index (Phi) is 4.29. The van der Waals surface area contributed by atoms with Crippen LogP contribution in [0.1, 0.15) is 5.56 Å². The van der Waals surface area contributed by atoms with Crippen LogP contribution in [0.15, 0.2) is 54.7 Å². The van der Waals surface area contributed by atoms with Gasteiger partial charge in [0.1, 0.15) is 11.6 Å². The van der Waals surface area contributed by atoms with Crippen LogP contribution in [0, 0.1) is 23.0 Å². The van der Waals surface area contributed by atoms with Gasteiger partial charge in [0, 0.05) is 12.3 Å². The van der Waals surface area contributed by atoms with Crippen LogP contribution in [-0.2, 0) is 0 Å². The predicted molar refractivity (Wildman–Crippen MR) is 79.7 cm³/mol. The molecule has 7 heteroatoms. The molecule has 118 valence electrons. The van der Waals surface area contributed by atoms with Crippen molar-refractivity contribution in [2.24, 2.45) is 0 Å². The molecule has 0 spiro atoms. The van der Waals surface area contributed by atoms with Gasteiger partial charge in [0.05, 0.1) is 11.6 Å². The van der Waals surface area contributed by atoms with Gasteiger partial charge in [0.2, 0.25) is 5.88 Å². The zero-order valence-corrected chi connectivity index (χ0v) is 12.1. The Balaban J connectivity index is 1.78. The minimum atomic E-state index is -0.706. The summed E-state index contributed by atoms with van der Waals surface area (Å²) in [5.74, 6) is -0.674. The van der Waals surface area contributed by atoms with Gasteiger partial charge < -0.3 is 9.47 Å². The first-order valence-electron chi connectivity index (χ1n) is 6.78. The maximum Gasteiger partial charge on any atom is 0.325 e. The van der Waals surface area contributed by atoms with Crippen molar-refractivity contribution in [2.45, 2.75) is 0 Å². The molecule has 1 aromatic heterocycles. The molecule has 24 heavy (non-hydrogen) atoms. The number of nitriles is 1. The van der Waals surface area contributed by atoms with Gasteiger partial charge in [0.15, 0.2) is 11.6 Å². The molecule has 3 aromatic rings. The maximum absolute atomic E-state index is 13.8. The number of aromatic nitrogens is 2.